The van der Waals surface area contributed by atoms with E-state index in [0.717, 1.165) is 17.7 Å². The second-order valence-corrected chi connectivity index (χ2v) is 7.59. The van der Waals surface area contributed by atoms with Gasteiger partial charge in [-0.1, -0.05) is 54.6 Å². The molecule has 0 amide bonds. The fourth-order valence-corrected chi connectivity index (χ4v) is 3.50. The maximum absolute atomic E-state index is 12.6. The Balaban J connectivity index is 1.58. The summed E-state index contributed by atoms with van der Waals surface area (Å²) in [5, 5.41) is 8.90. The van der Waals surface area contributed by atoms with Crippen LogP contribution in [0.1, 0.15) is 43.4 Å². The summed E-state index contributed by atoms with van der Waals surface area (Å²) < 4.78 is 43.0. The summed E-state index contributed by atoms with van der Waals surface area (Å²) in [6.07, 6.45) is -4.56. The van der Waals surface area contributed by atoms with Gasteiger partial charge < -0.3 is 9.84 Å². The molecule has 0 saturated carbocycles. The normalized spacial score (nSPS) is 12.2. The molecule has 3 rings (SSSR count). The fraction of sp³-hybridized carbons (Fsp3) is 0.167. The number of halogens is 3. The first-order valence-electron chi connectivity index (χ1n) is 9.56. The molecule has 0 aliphatic carbocycles. The average Bonchev–Trinajstić information content (AvgIpc) is 2.77. The number of carbonyl (C=O) groups excluding carboxylic acids is 1. The number of carboxylic acid groups (broad SMARTS) is 1. The van der Waals surface area contributed by atoms with E-state index in [1.165, 1.54) is 18.2 Å². The van der Waals surface area contributed by atoms with Crippen molar-refractivity contribution in [2.45, 2.75) is 24.5 Å². The summed E-state index contributed by atoms with van der Waals surface area (Å²) in [5.41, 5.74) is 1.88. The Morgan fingerprint density at radius 3 is 2.09 bits per heavy atom. The first-order valence-corrected chi connectivity index (χ1v) is 10.1. The lowest BCUT2D eigenvalue weighted by Crippen LogP contribution is -2.09. The van der Waals surface area contributed by atoms with Crippen molar-refractivity contribution in [3.05, 3.63) is 106 Å². The highest BCUT2D eigenvalue weighted by Gasteiger charge is 2.30. The Morgan fingerprint density at radius 1 is 0.906 bits per heavy atom. The second kappa shape index (κ2) is 9.91. The number of aromatic carboxylic acids is 1. The van der Waals surface area contributed by atoms with Crippen molar-refractivity contribution in [1.29, 1.82) is 0 Å². The number of esters is 1. The van der Waals surface area contributed by atoms with Crippen LogP contribution in [0.2, 0.25) is 0 Å². The van der Waals surface area contributed by atoms with Crippen LogP contribution in [0.4, 0.5) is 13.2 Å². The monoisotopic (exact) mass is 460 g/mol. The van der Waals surface area contributed by atoms with Gasteiger partial charge >= 0.3 is 18.1 Å². The Hall–Kier alpha value is -3.26. The second-order valence-electron chi connectivity index (χ2n) is 7.07. The van der Waals surface area contributed by atoms with E-state index in [9.17, 15) is 27.9 Å². The number of hydrogen-bond acceptors (Lipinski definition) is 4. The fourth-order valence-electron chi connectivity index (χ4n) is 3.10. The maximum Gasteiger partial charge on any atom is 0.416 e. The van der Waals surface area contributed by atoms with Crippen molar-refractivity contribution in [1.82, 2.24) is 0 Å². The Labute approximate surface area is 188 Å². The van der Waals surface area contributed by atoms with Crippen molar-refractivity contribution >= 4 is 24.6 Å². The van der Waals surface area contributed by atoms with Gasteiger partial charge in [0.1, 0.15) is 6.61 Å². The lowest BCUT2D eigenvalue weighted by molar-refractivity contribution is -0.144. The first-order chi connectivity index (χ1) is 15.1. The van der Waals surface area contributed by atoms with Gasteiger partial charge in [-0.2, -0.15) is 25.8 Å². The van der Waals surface area contributed by atoms with Crippen LogP contribution in [0.15, 0.2) is 72.8 Å². The van der Waals surface area contributed by atoms with Crippen molar-refractivity contribution < 1.29 is 32.6 Å². The molecule has 0 aliphatic heterocycles. The summed E-state index contributed by atoms with van der Waals surface area (Å²) in [6, 6.07) is 18.0. The third kappa shape index (κ3) is 5.91. The van der Waals surface area contributed by atoms with Gasteiger partial charge in [0.2, 0.25) is 0 Å². The third-order valence-electron chi connectivity index (χ3n) is 4.81. The minimum Gasteiger partial charge on any atom is -0.478 e. The van der Waals surface area contributed by atoms with Gasteiger partial charge in [-0.25, -0.2) is 4.79 Å². The number of carbonyl (C=O) groups is 2. The molecular formula is C24H19F3O4S. The SMILES string of the molecule is O=C(Cc1ccc(C(F)(F)F)cc1)OCc1ccc(C(S)c2ccccc2C(=O)O)cc1. The van der Waals surface area contributed by atoms with Gasteiger partial charge in [0.25, 0.3) is 0 Å². The molecule has 0 aromatic heterocycles. The molecule has 8 heteroatoms. The van der Waals surface area contributed by atoms with Crippen LogP contribution < -0.4 is 0 Å². The van der Waals surface area contributed by atoms with Crippen molar-refractivity contribution in [2.75, 3.05) is 0 Å². The van der Waals surface area contributed by atoms with Crippen LogP contribution in [0.3, 0.4) is 0 Å². The van der Waals surface area contributed by atoms with Crippen LogP contribution in [0.5, 0.6) is 0 Å². The molecule has 3 aromatic rings. The molecule has 0 heterocycles. The lowest BCUT2D eigenvalue weighted by atomic mass is 9.98. The molecule has 3 aromatic carbocycles. The topological polar surface area (TPSA) is 63.6 Å². The quantitative estimate of drug-likeness (QED) is 0.350. The Bertz CT molecular complexity index is 1090. The molecule has 0 saturated heterocycles. The van der Waals surface area contributed by atoms with E-state index in [2.05, 4.69) is 12.6 Å². The molecule has 1 unspecified atom stereocenters. The van der Waals surface area contributed by atoms with Crippen LogP contribution in [-0.2, 0) is 28.7 Å². The zero-order valence-electron chi connectivity index (χ0n) is 16.7. The maximum atomic E-state index is 12.6. The van der Waals surface area contributed by atoms with E-state index in [1.54, 1.807) is 42.5 Å². The van der Waals surface area contributed by atoms with Gasteiger partial charge in [-0.05, 0) is 40.5 Å². The lowest BCUT2D eigenvalue weighted by Gasteiger charge is -2.15. The van der Waals surface area contributed by atoms with Gasteiger partial charge in [-0.3, -0.25) is 4.79 Å². The largest absolute Gasteiger partial charge is 0.478 e. The van der Waals surface area contributed by atoms with E-state index in [0.29, 0.717) is 16.7 Å². The molecule has 0 radical (unpaired) electrons. The molecule has 32 heavy (non-hydrogen) atoms. The van der Waals surface area contributed by atoms with Crippen molar-refractivity contribution in [2.24, 2.45) is 0 Å². The Kier molecular flexibility index (Phi) is 7.25. The zero-order valence-corrected chi connectivity index (χ0v) is 17.6. The van der Waals surface area contributed by atoms with Crippen LogP contribution in [-0.4, -0.2) is 17.0 Å². The van der Waals surface area contributed by atoms with Crippen LogP contribution in [0, 0.1) is 0 Å². The standard InChI is InChI=1S/C24H19F3O4S/c25-24(26,27)18-11-7-15(8-12-18)13-21(28)31-14-16-5-9-17(10-6-16)22(32)19-3-1-2-4-20(19)23(29)30/h1-12,22,32H,13-14H2,(H,29,30). The van der Waals surface area contributed by atoms with E-state index in [4.69, 9.17) is 4.74 Å². The molecular weight excluding hydrogens is 441 g/mol. The summed E-state index contributed by atoms with van der Waals surface area (Å²) in [5.74, 6) is -1.59. The first kappa shape index (κ1) is 23.4. The van der Waals surface area contributed by atoms with Crippen molar-refractivity contribution in [3.8, 4) is 0 Å². The molecule has 166 valence electrons. The van der Waals surface area contributed by atoms with Gasteiger partial charge in [0.15, 0.2) is 0 Å². The molecule has 0 fully saturated rings. The molecule has 4 nitrogen and oxygen atoms in total. The summed E-state index contributed by atoms with van der Waals surface area (Å²) in [6.45, 7) is 0.00268. The number of alkyl halides is 3. The highest BCUT2D eigenvalue weighted by atomic mass is 32.1. The highest BCUT2D eigenvalue weighted by molar-refractivity contribution is 7.80. The molecule has 1 N–H and O–H groups in total. The van der Waals surface area contributed by atoms with E-state index in [-0.39, 0.29) is 18.6 Å². The predicted octanol–water partition coefficient (Wildman–Crippen LogP) is 5.71. The number of carboxylic acids is 1. The molecule has 1 atom stereocenters. The molecule has 0 spiro atoms. The van der Waals surface area contributed by atoms with Crippen molar-refractivity contribution in [3.63, 3.8) is 0 Å². The van der Waals surface area contributed by atoms with Crippen LogP contribution in [0.25, 0.3) is 0 Å². The number of benzene rings is 3. The number of rotatable bonds is 7. The Morgan fingerprint density at radius 2 is 1.50 bits per heavy atom. The minimum absolute atomic E-state index is 0.00268. The minimum atomic E-state index is -4.42. The average molecular weight is 460 g/mol. The van der Waals surface area contributed by atoms with E-state index < -0.39 is 28.9 Å². The van der Waals surface area contributed by atoms with Gasteiger partial charge in [0, 0.05) is 0 Å². The highest BCUT2D eigenvalue weighted by Crippen LogP contribution is 2.31. The number of ether oxygens (including phenoxy) is 1. The predicted molar refractivity (Wildman–Crippen MR) is 116 cm³/mol. The van der Waals surface area contributed by atoms with Gasteiger partial charge in [-0.15, -0.1) is 0 Å². The third-order valence-corrected chi connectivity index (χ3v) is 5.39. The number of hydrogen-bond donors (Lipinski definition) is 2. The summed E-state index contributed by atoms with van der Waals surface area (Å²) in [4.78, 5) is 23.4. The summed E-state index contributed by atoms with van der Waals surface area (Å²) in [7, 11) is 0. The van der Waals surface area contributed by atoms with E-state index >= 15 is 0 Å². The van der Waals surface area contributed by atoms with Crippen LogP contribution >= 0.6 is 12.6 Å². The smallest absolute Gasteiger partial charge is 0.416 e. The van der Waals surface area contributed by atoms with E-state index in [1.807, 2.05) is 0 Å². The van der Waals surface area contributed by atoms with Gasteiger partial charge in [0.05, 0.1) is 22.8 Å². The number of thiol groups is 1. The zero-order chi connectivity index (χ0) is 23.3. The molecule has 0 aliphatic rings. The molecule has 0 bridgehead atoms. The summed E-state index contributed by atoms with van der Waals surface area (Å²) >= 11 is 4.55.